The number of esters is 1. The van der Waals surface area contributed by atoms with Gasteiger partial charge in [-0.2, -0.15) is 0 Å². The summed E-state index contributed by atoms with van der Waals surface area (Å²) in [5.74, 6) is 0.150. The van der Waals surface area contributed by atoms with E-state index in [0.717, 1.165) is 38.9 Å². The first-order valence-electron chi connectivity index (χ1n) is 8.54. The van der Waals surface area contributed by atoms with Gasteiger partial charge in [-0.15, -0.1) is 12.4 Å². The molecule has 0 spiro atoms. The third kappa shape index (κ3) is 7.88. The highest BCUT2D eigenvalue weighted by Crippen LogP contribution is 2.23. The highest BCUT2D eigenvalue weighted by atomic mass is 35.5. The quantitative estimate of drug-likeness (QED) is 0.370. The molecule has 0 atom stereocenters. The van der Waals surface area contributed by atoms with E-state index in [1.807, 2.05) is 0 Å². The van der Waals surface area contributed by atoms with Crippen LogP contribution in [0.5, 0.6) is 5.75 Å². The van der Waals surface area contributed by atoms with Crippen LogP contribution in [0.15, 0.2) is 18.2 Å². The van der Waals surface area contributed by atoms with Gasteiger partial charge in [-0.3, -0.25) is 0 Å². The summed E-state index contributed by atoms with van der Waals surface area (Å²) >= 11 is 0. The highest BCUT2D eigenvalue weighted by molar-refractivity contribution is 5.93. The van der Waals surface area contributed by atoms with Gasteiger partial charge in [0.2, 0.25) is 0 Å². The molecule has 0 radical (unpaired) electrons. The number of ether oxygens (including phenoxy) is 2. The Morgan fingerprint density at radius 2 is 1.83 bits per heavy atom. The number of likely N-dealkylation sites (N-methyl/N-ethyl adjacent to an activating group) is 1. The lowest BCUT2D eigenvalue weighted by molar-refractivity contribution is 0.0462. The molecular formula is C18H31ClN2O3. The molecule has 2 N–H and O–H groups in total. The van der Waals surface area contributed by atoms with E-state index in [4.69, 9.17) is 15.2 Å². The zero-order valence-electron chi connectivity index (χ0n) is 15.0. The first-order chi connectivity index (χ1) is 11.1. The van der Waals surface area contributed by atoms with Crippen LogP contribution in [0.25, 0.3) is 0 Å². The van der Waals surface area contributed by atoms with Crippen LogP contribution in [-0.2, 0) is 4.74 Å². The first kappa shape index (κ1) is 22.5. The summed E-state index contributed by atoms with van der Waals surface area (Å²) in [6, 6.07) is 5.05. The van der Waals surface area contributed by atoms with Gasteiger partial charge in [-0.1, -0.05) is 33.6 Å². The highest BCUT2D eigenvalue weighted by Gasteiger charge is 2.15. The number of benzene rings is 1. The lowest BCUT2D eigenvalue weighted by Crippen LogP contribution is -2.28. The number of hydrogen-bond acceptors (Lipinski definition) is 5. The summed E-state index contributed by atoms with van der Waals surface area (Å²) in [5.41, 5.74) is 6.81. The molecule has 0 amide bonds. The Bertz CT molecular complexity index is 479. The predicted molar refractivity (Wildman–Crippen MR) is 101 cm³/mol. The molecule has 1 aromatic rings. The van der Waals surface area contributed by atoms with Gasteiger partial charge in [-0.05, 0) is 31.6 Å². The Kier molecular flexibility index (Phi) is 12.1. The summed E-state index contributed by atoms with van der Waals surface area (Å²) in [6.07, 6.45) is 3.19. The fourth-order valence-corrected chi connectivity index (χ4v) is 2.25. The van der Waals surface area contributed by atoms with Crippen LogP contribution in [0.2, 0.25) is 0 Å². The summed E-state index contributed by atoms with van der Waals surface area (Å²) in [4.78, 5) is 14.5. The van der Waals surface area contributed by atoms with Crippen LogP contribution in [0.3, 0.4) is 0 Å². The molecule has 0 saturated heterocycles. The van der Waals surface area contributed by atoms with Crippen molar-refractivity contribution in [3.8, 4) is 5.75 Å². The van der Waals surface area contributed by atoms with Crippen LogP contribution >= 0.6 is 12.4 Å². The lowest BCUT2D eigenvalue weighted by atomic mass is 10.2. The third-order valence-electron chi connectivity index (χ3n) is 3.77. The number of halogens is 1. The summed E-state index contributed by atoms with van der Waals surface area (Å²) in [6.45, 7) is 9.90. The summed E-state index contributed by atoms with van der Waals surface area (Å²) in [7, 11) is 0. The van der Waals surface area contributed by atoms with Gasteiger partial charge in [0, 0.05) is 18.3 Å². The zero-order chi connectivity index (χ0) is 17.1. The smallest absolute Gasteiger partial charge is 0.341 e. The summed E-state index contributed by atoms with van der Waals surface area (Å²) < 4.78 is 11.1. The van der Waals surface area contributed by atoms with Crippen LogP contribution in [0.4, 0.5) is 5.69 Å². The number of carbonyl (C=O) groups excluding carboxylic acids is 1. The molecule has 0 bridgehead atoms. The van der Waals surface area contributed by atoms with E-state index < -0.39 is 0 Å². The molecule has 0 heterocycles. The lowest BCUT2D eigenvalue weighted by Gasteiger charge is -2.18. The molecule has 0 aliphatic rings. The SMILES string of the molecule is CCCCCOc1cc(N)ccc1C(=O)OCCN(CC)CC.Cl. The molecule has 1 aromatic carbocycles. The molecule has 1 rings (SSSR count). The minimum atomic E-state index is -0.359. The Balaban J connectivity index is 0.00000529. The normalized spacial score (nSPS) is 10.3. The van der Waals surface area contributed by atoms with E-state index in [2.05, 4.69) is 25.7 Å². The Morgan fingerprint density at radius 1 is 1.12 bits per heavy atom. The Morgan fingerprint density at radius 3 is 2.46 bits per heavy atom. The zero-order valence-corrected chi connectivity index (χ0v) is 15.9. The standard InChI is InChI=1S/C18H30N2O3.ClH/c1-4-7-8-12-22-17-14-15(19)9-10-16(17)18(21)23-13-11-20(5-2)6-3;/h9-10,14H,4-8,11-13,19H2,1-3H3;1H. The molecular weight excluding hydrogens is 328 g/mol. The minimum absolute atomic E-state index is 0. The Labute approximate surface area is 151 Å². The number of unbranched alkanes of at least 4 members (excludes halogenated alkanes) is 2. The number of nitrogen functional groups attached to an aromatic ring is 1. The van der Waals surface area contributed by atoms with Gasteiger partial charge in [0.25, 0.3) is 0 Å². The average Bonchev–Trinajstić information content (AvgIpc) is 2.55. The van der Waals surface area contributed by atoms with Gasteiger partial charge in [0.05, 0.1) is 6.61 Å². The minimum Gasteiger partial charge on any atom is -0.493 e. The van der Waals surface area contributed by atoms with Crippen LogP contribution in [0, 0.1) is 0 Å². The van der Waals surface area contributed by atoms with Crippen molar-refractivity contribution in [2.75, 3.05) is 38.6 Å². The van der Waals surface area contributed by atoms with Crippen molar-refractivity contribution < 1.29 is 14.3 Å². The first-order valence-corrected chi connectivity index (χ1v) is 8.54. The van der Waals surface area contributed by atoms with Gasteiger partial charge in [0.1, 0.15) is 17.9 Å². The van der Waals surface area contributed by atoms with E-state index in [9.17, 15) is 4.79 Å². The predicted octanol–water partition coefficient (Wildman–Crippen LogP) is 3.76. The number of nitrogens with zero attached hydrogens (tertiary/aromatic N) is 1. The van der Waals surface area contributed by atoms with Gasteiger partial charge < -0.3 is 20.1 Å². The second kappa shape index (κ2) is 12.9. The Hall–Kier alpha value is -1.46. The molecule has 5 nitrogen and oxygen atoms in total. The van der Waals surface area contributed by atoms with Crippen molar-refractivity contribution in [2.24, 2.45) is 0 Å². The van der Waals surface area contributed by atoms with Crippen LogP contribution in [-0.4, -0.2) is 43.7 Å². The number of carbonyl (C=O) groups is 1. The maximum atomic E-state index is 12.3. The van der Waals surface area contributed by atoms with E-state index in [1.54, 1.807) is 18.2 Å². The van der Waals surface area contributed by atoms with E-state index in [-0.39, 0.29) is 18.4 Å². The fraction of sp³-hybridized carbons (Fsp3) is 0.611. The fourth-order valence-electron chi connectivity index (χ4n) is 2.25. The summed E-state index contributed by atoms with van der Waals surface area (Å²) in [5, 5.41) is 0. The average molecular weight is 359 g/mol. The maximum Gasteiger partial charge on any atom is 0.341 e. The van der Waals surface area contributed by atoms with E-state index in [1.165, 1.54) is 0 Å². The second-order valence-electron chi connectivity index (χ2n) is 5.47. The molecule has 0 aromatic heterocycles. The molecule has 0 aliphatic heterocycles. The number of rotatable bonds is 11. The van der Waals surface area contributed by atoms with Crippen molar-refractivity contribution >= 4 is 24.1 Å². The molecule has 6 heteroatoms. The molecule has 0 aliphatic carbocycles. The van der Waals surface area contributed by atoms with Crippen LogP contribution < -0.4 is 10.5 Å². The number of hydrogen-bond donors (Lipinski definition) is 1. The van der Waals surface area contributed by atoms with Crippen molar-refractivity contribution in [3.63, 3.8) is 0 Å². The van der Waals surface area contributed by atoms with Gasteiger partial charge in [-0.25, -0.2) is 4.79 Å². The monoisotopic (exact) mass is 358 g/mol. The van der Waals surface area contributed by atoms with E-state index >= 15 is 0 Å². The molecule has 138 valence electrons. The van der Waals surface area contributed by atoms with E-state index in [0.29, 0.717) is 30.2 Å². The van der Waals surface area contributed by atoms with Crippen molar-refractivity contribution in [2.45, 2.75) is 40.0 Å². The molecule has 0 fully saturated rings. The topological polar surface area (TPSA) is 64.8 Å². The van der Waals surface area contributed by atoms with Crippen molar-refractivity contribution in [3.05, 3.63) is 23.8 Å². The molecule has 0 saturated carbocycles. The van der Waals surface area contributed by atoms with Crippen molar-refractivity contribution in [1.29, 1.82) is 0 Å². The number of nitrogens with two attached hydrogens (primary N) is 1. The maximum absolute atomic E-state index is 12.3. The van der Waals surface area contributed by atoms with Crippen molar-refractivity contribution in [1.82, 2.24) is 4.90 Å². The third-order valence-corrected chi connectivity index (χ3v) is 3.77. The number of anilines is 1. The molecule has 24 heavy (non-hydrogen) atoms. The largest absolute Gasteiger partial charge is 0.493 e. The van der Waals surface area contributed by atoms with Gasteiger partial charge in [0.15, 0.2) is 0 Å². The molecule has 0 unspecified atom stereocenters. The van der Waals surface area contributed by atoms with Gasteiger partial charge >= 0.3 is 5.97 Å². The van der Waals surface area contributed by atoms with Crippen LogP contribution in [0.1, 0.15) is 50.4 Å². The second-order valence-corrected chi connectivity index (χ2v) is 5.47.